The number of aromatic nitrogens is 2. The third-order valence-corrected chi connectivity index (χ3v) is 4.25. The second kappa shape index (κ2) is 7.28. The van der Waals surface area contributed by atoms with Crippen LogP contribution in [0.15, 0.2) is 36.4 Å². The summed E-state index contributed by atoms with van der Waals surface area (Å²) in [7, 11) is 2.45. The number of nitrogens with zero attached hydrogens (tertiary/aromatic N) is 2. The molecule has 3 aromatic rings. The van der Waals surface area contributed by atoms with Gasteiger partial charge in [-0.1, -0.05) is 4.49 Å². The van der Waals surface area contributed by atoms with E-state index in [0.29, 0.717) is 11.1 Å². The largest absolute Gasteiger partial charge is 0.465 e. The molecule has 26 heavy (non-hydrogen) atoms. The van der Waals surface area contributed by atoms with Gasteiger partial charge in [0.2, 0.25) is 0 Å². The van der Waals surface area contributed by atoms with E-state index in [0.717, 1.165) is 4.70 Å². The number of amides is 1. The van der Waals surface area contributed by atoms with E-state index in [1.807, 2.05) is 0 Å². The number of hydrogen-bond donors (Lipinski definition) is 1. The number of nitrogens with one attached hydrogen (secondary N) is 1. The third kappa shape index (κ3) is 3.52. The number of esters is 2. The Morgan fingerprint density at radius 2 is 1.58 bits per heavy atom. The molecule has 0 fully saturated rings. The minimum absolute atomic E-state index is 0.116. The molecule has 0 radical (unpaired) electrons. The SMILES string of the molecule is COC(=O)c1cc(NC(=O)c2ccc3snnc3c2)cc(C(=O)OC)c1. The molecule has 1 heterocycles. The van der Waals surface area contributed by atoms with Crippen molar-refractivity contribution < 1.29 is 23.9 Å². The molecule has 1 amide bonds. The Labute approximate surface area is 151 Å². The summed E-state index contributed by atoms with van der Waals surface area (Å²) in [6.07, 6.45) is 0. The second-order valence-electron chi connectivity index (χ2n) is 5.19. The molecule has 1 N–H and O–H groups in total. The van der Waals surface area contributed by atoms with Crippen molar-refractivity contribution in [2.75, 3.05) is 19.5 Å². The maximum atomic E-state index is 12.5. The molecule has 8 nitrogen and oxygen atoms in total. The molecule has 9 heteroatoms. The molecule has 0 saturated carbocycles. The van der Waals surface area contributed by atoms with Gasteiger partial charge in [-0.3, -0.25) is 4.79 Å². The first kappa shape index (κ1) is 17.5. The summed E-state index contributed by atoms with van der Waals surface area (Å²) in [6, 6.07) is 9.17. The van der Waals surface area contributed by atoms with Crippen molar-refractivity contribution >= 4 is 45.3 Å². The van der Waals surface area contributed by atoms with E-state index < -0.39 is 17.8 Å². The van der Waals surface area contributed by atoms with Gasteiger partial charge < -0.3 is 14.8 Å². The normalized spacial score (nSPS) is 10.4. The summed E-state index contributed by atoms with van der Waals surface area (Å²) in [5.74, 6) is -1.69. The number of fused-ring (bicyclic) bond motifs is 1. The van der Waals surface area contributed by atoms with Crippen LogP contribution < -0.4 is 5.32 Å². The van der Waals surface area contributed by atoms with Crippen LogP contribution in [0.3, 0.4) is 0 Å². The van der Waals surface area contributed by atoms with E-state index in [-0.39, 0.29) is 16.8 Å². The summed E-state index contributed by atoms with van der Waals surface area (Å²) in [5, 5.41) is 6.59. The van der Waals surface area contributed by atoms with Crippen molar-refractivity contribution in [3.8, 4) is 0 Å². The lowest BCUT2D eigenvalue weighted by atomic mass is 10.1. The summed E-state index contributed by atoms with van der Waals surface area (Å²) >= 11 is 1.23. The van der Waals surface area contributed by atoms with E-state index in [9.17, 15) is 14.4 Å². The summed E-state index contributed by atoms with van der Waals surface area (Å²) in [6.45, 7) is 0. The first-order valence-electron chi connectivity index (χ1n) is 7.37. The number of carbonyl (C=O) groups excluding carboxylic acids is 3. The van der Waals surface area contributed by atoms with Gasteiger partial charge in [-0.15, -0.1) is 5.10 Å². The molecule has 132 valence electrons. The monoisotopic (exact) mass is 371 g/mol. The molecule has 2 aromatic carbocycles. The van der Waals surface area contributed by atoms with Gasteiger partial charge >= 0.3 is 11.9 Å². The number of carbonyl (C=O) groups is 3. The molecule has 3 rings (SSSR count). The summed E-state index contributed by atoms with van der Waals surface area (Å²) < 4.78 is 14.0. The molecule has 0 aliphatic carbocycles. The van der Waals surface area contributed by atoms with Crippen molar-refractivity contribution in [3.63, 3.8) is 0 Å². The third-order valence-electron chi connectivity index (χ3n) is 3.54. The zero-order chi connectivity index (χ0) is 18.7. The van der Waals surface area contributed by atoms with Crippen LogP contribution in [0.4, 0.5) is 5.69 Å². The highest BCUT2D eigenvalue weighted by Gasteiger charge is 2.16. The molecule has 0 unspecified atom stereocenters. The Morgan fingerprint density at radius 3 is 2.19 bits per heavy atom. The maximum Gasteiger partial charge on any atom is 0.337 e. The van der Waals surface area contributed by atoms with Gasteiger partial charge in [-0.2, -0.15) is 0 Å². The van der Waals surface area contributed by atoms with E-state index in [1.54, 1.807) is 18.2 Å². The Bertz CT molecular complexity index is 980. The van der Waals surface area contributed by atoms with Crippen molar-refractivity contribution in [1.82, 2.24) is 9.59 Å². The first-order chi connectivity index (χ1) is 12.5. The Kier molecular flexibility index (Phi) is 4.90. The summed E-state index contributed by atoms with van der Waals surface area (Å²) in [5.41, 5.74) is 1.47. The fourth-order valence-electron chi connectivity index (χ4n) is 2.30. The highest BCUT2D eigenvalue weighted by atomic mass is 32.1. The van der Waals surface area contributed by atoms with Crippen molar-refractivity contribution in [2.45, 2.75) is 0 Å². The number of hydrogen-bond acceptors (Lipinski definition) is 8. The van der Waals surface area contributed by atoms with Gasteiger partial charge in [0.25, 0.3) is 5.91 Å². The van der Waals surface area contributed by atoms with Gasteiger partial charge in [0.05, 0.1) is 30.0 Å². The fraction of sp³-hybridized carbons (Fsp3) is 0.118. The molecule has 0 atom stereocenters. The average Bonchev–Trinajstić information content (AvgIpc) is 3.14. The van der Waals surface area contributed by atoms with Crippen LogP contribution >= 0.6 is 11.5 Å². The Hall–Kier alpha value is -3.33. The average molecular weight is 371 g/mol. The molecule has 0 spiro atoms. The number of anilines is 1. The quantitative estimate of drug-likeness (QED) is 0.702. The van der Waals surface area contributed by atoms with Gasteiger partial charge in [0, 0.05) is 11.3 Å². The molecular weight excluding hydrogens is 358 g/mol. The van der Waals surface area contributed by atoms with Crippen LogP contribution in [-0.2, 0) is 9.47 Å². The fourth-order valence-corrected chi connectivity index (χ4v) is 2.84. The van der Waals surface area contributed by atoms with Gasteiger partial charge in [0.15, 0.2) is 0 Å². The van der Waals surface area contributed by atoms with Crippen LogP contribution in [0.2, 0.25) is 0 Å². The van der Waals surface area contributed by atoms with Crippen LogP contribution in [-0.4, -0.2) is 41.7 Å². The number of rotatable bonds is 4. The van der Waals surface area contributed by atoms with Gasteiger partial charge in [0.1, 0.15) is 5.52 Å². The Balaban J connectivity index is 1.93. The lowest BCUT2D eigenvalue weighted by Crippen LogP contribution is -2.14. The zero-order valence-electron chi connectivity index (χ0n) is 13.8. The molecule has 0 aliphatic heterocycles. The van der Waals surface area contributed by atoms with Crippen LogP contribution in [0.25, 0.3) is 10.2 Å². The number of methoxy groups -OCH3 is 2. The minimum Gasteiger partial charge on any atom is -0.465 e. The van der Waals surface area contributed by atoms with Gasteiger partial charge in [-0.05, 0) is 47.9 Å². The standard InChI is InChI=1S/C17H13N3O5S/c1-24-16(22)10-5-11(17(23)25-2)7-12(6-10)18-15(21)9-3-4-14-13(8-9)19-20-26-14/h3-8H,1-2H3,(H,18,21). The predicted octanol–water partition coefficient (Wildman–Crippen LogP) is 2.52. The Morgan fingerprint density at radius 1 is 0.923 bits per heavy atom. The summed E-state index contributed by atoms with van der Waals surface area (Å²) in [4.78, 5) is 36.1. The molecule has 0 saturated heterocycles. The first-order valence-corrected chi connectivity index (χ1v) is 8.14. The number of benzene rings is 2. The van der Waals surface area contributed by atoms with Crippen molar-refractivity contribution in [2.24, 2.45) is 0 Å². The lowest BCUT2D eigenvalue weighted by Gasteiger charge is -2.09. The van der Waals surface area contributed by atoms with Crippen LogP contribution in [0.5, 0.6) is 0 Å². The molecule has 0 bridgehead atoms. The molecule has 1 aromatic heterocycles. The predicted molar refractivity (Wildman–Crippen MR) is 94.5 cm³/mol. The van der Waals surface area contributed by atoms with E-state index in [1.165, 1.54) is 44.0 Å². The lowest BCUT2D eigenvalue weighted by molar-refractivity contribution is 0.0599. The van der Waals surface area contributed by atoms with E-state index in [2.05, 4.69) is 24.4 Å². The van der Waals surface area contributed by atoms with Crippen molar-refractivity contribution in [1.29, 1.82) is 0 Å². The smallest absolute Gasteiger partial charge is 0.337 e. The van der Waals surface area contributed by atoms with E-state index >= 15 is 0 Å². The minimum atomic E-state index is -0.638. The highest BCUT2D eigenvalue weighted by Crippen LogP contribution is 2.20. The maximum absolute atomic E-state index is 12.5. The topological polar surface area (TPSA) is 107 Å². The molecular formula is C17H13N3O5S. The second-order valence-corrected chi connectivity index (χ2v) is 5.98. The zero-order valence-corrected chi connectivity index (χ0v) is 14.6. The van der Waals surface area contributed by atoms with Crippen LogP contribution in [0, 0.1) is 0 Å². The number of ether oxygens (including phenoxy) is 2. The molecule has 0 aliphatic rings. The van der Waals surface area contributed by atoms with Gasteiger partial charge in [-0.25, -0.2) is 9.59 Å². The highest BCUT2D eigenvalue weighted by molar-refractivity contribution is 7.12. The van der Waals surface area contributed by atoms with Crippen molar-refractivity contribution in [3.05, 3.63) is 53.1 Å². The van der Waals surface area contributed by atoms with Crippen LogP contribution in [0.1, 0.15) is 31.1 Å². The van der Waals surface area contributed by atoms with E-state index in [4.69, 9.17) is 0 Å².